The number of nitrogens with zero attached hydrogens (tertiary/aromatic N) is 2. The largest absolute Gasteiger partial charge is 0.348 e. The number of aromatic nitrogens is 2. The summed E-state index contributed by atoms with van der Waals surface area (Å²) in [5.41, 5.74) is 1.37. The van der Waals surface area contributed by atoms with Gasteiger partial charge in [0.05, 0.1) is 28.5 Å². The smallest absolute Gasteiger partial charge is 0.254 e. The van der Waals surface area contributed by atoms with E-state index in [1.54, 1.807) is 36.5 Å². The molecule has 2 aromatic rings. The Labute approximate surface area is 160 Å². The van der Waals surface area contributed by atoms with Crippen LogP contribution in [0.5, 0.6) is 0 Å². The second-order valence-corrected chi connectivity index (χ2v) is 9.23. The Bertz CT molecular complexity index is 884. The Morgan fingerprint density at radius 1 is 1.26 bits per heavy atom. The summed E-state index contributed by atoms with van der Waals surface area (Å²) in [5, 5.41) is 7.29. The van der Waals surface area contributed by atoms with Gasteiger partial charge in [0.15, 0.2) is 9.84 Å². The van der Waals surface area contributed by atoms with E-state index in [4.69, 9.17) is 0 Å². The van der Waals surface area contributed by atoms with Crippen LogP contribution in [0.15, 0.2) is 41.4 Å². The molecule has 6 nitrogen and oxygen atoms in total. The van der Waals surface area contributed by atoms with E-state index in [1.165, 1.54) is 12.8 Å². The molecule has 0 saturated heterocycles. The number of carbonyl (C=O) groups is 1. The maximum atomic E-state index is 12.7. The third-order valence-electron chi connectivity index (χ3n) is 5.31. The second-order valence-electron chi connectivity index (χ2n) is 7.20. The second kappa shape index (κ2) is 8.25. The highest BCUT2D eigenvalue weighted by Gasteiger charge is 2.25. The minimum atomic E-state index is -3.45. The van der Waals surface area contributed by atoms with Crippen molar-refractivity contribution in [2.24, 2.45) is 0 Å². The van der Waals surface area contributed by atoms with Crippen LogP contribution in [0.2, 0.25) is 0 Å². The Hall–Kier alpha value is -2.15. The molecule has 1 aromatic heterocycles. The van der Waals surface area contributed by atoms with Gasteiger partial charge in [0, 0.05) is 11.7 Å². The lowest BCUT2D eigenvalue weighted by atomic mass is 10.2. The maximum absolute atomic E-state index is 12.7. The van der Waals surface area contributed by atoms with Crippen LogP contribution in [0, 0.1) is 6.92 Å². The summed E-state index contributed by atoms with van der Waals surface area (Å²) in [6.45, 7) is 3.78. The Kier molecular flexibility index (Phi) is 5.99. The quantitative estimate of drug-likeness (QED) is 0.788. The first kappa shape index (κ1) is 19.6. The SMILES string of the molecule is CCC(CS(=O)(=O)c1ccccc1)NC(=O)c1cnn(C2CCCC2)c1C. The number of hydrogen-bond acceptors (Lipinski definition) is 4. The first-order valence-electron chi connectivity index (χ1n) is 9.55. The number of carbonyl (C=O) groups excluding carboxylic acids is 1. The fraction of sp³-hybridized carbons (Fsp3) is 0.500. The highest BCUT2D eigenvalue weighted by molar-refractivity contribution is 7.91. The van der Waals surface area contributed by atoms with E-state index in [9.17, 15) is 13.2 Å². The van der Waals surface area contributed by atoms with E-state index >= 15 is 0 Å². The predicted molar refractivity (Wildman–Crippen MR) is 105 cm³/mol. The van der Waals surface area contributed by atoms with Gasteiger partial charge in [-0.1, -0.05) is 38.0 Å². The molecule has 1 fully saturated rings. The van der Waals surface area contributed by atoms with Gasteiger partial charge in [-0.3, -0.25) is 9.48 Å². The van der Waals surface area contributed by atoms with Crippen molar-refractivity contribution in [3.05, 3.63) is 47.8 Å². The molecule has 0 radical (unpaired) electrons. The van der Waals surface area contributed by atoms with Crippen molar-refractivity contribution in [3.8, 4) is 0 Å². The zero-order chi connectivity index (χ0) is 19.4. The summed E-state index contributed by atoms with van der Waals surface area (Å²) < 4.78 is 27.1. The summed E-state index contributed by atoms with van der Waals surface area (Å²) in [5.74, 6) is -0.374. The van der Waals surface area contributed by atoms with Gasteiger partial charge in [0.25, 0.3) is 5.91 Å². The van der Waals surface area contributed by atoms with Gasteiger partial charge in [-0.2, -0.15) is 5.10 Å². The fourth-order valence-corrected chi connectivity index (χ4v) is 5.29. The van der Waals surface area contributed by atoms with Crippen LogP contribution >= 0.6 is 0 Å². The summed E-state index contributed by atoms with van der Waals surface area (Å²) in [6.07, 6.45) is 6.71. The first-order valence-corrected chi connectivity index (χ1v) is 11.2. The fourth-order valence-electron chi connectivity index (χ4n) is 3.68. The lowest BCUT2D eigenvalue weighted by molar-refractivity contribution is 0.0939. The molecule has 27 heavy (non-hydrogen) atoms. The van der Waals surface area contributed by atoms with Gasteiger partial charge in [-0.05, 0) is 38.3 Å². The van der Waals surface area contributed by atoms with Crippen LogP contribution in [-0.2, 0) is 9.84 Å². The van der Waals surface area contributed by atoms with Crippen molar-refractivity contribution in [2.75, 3.05) is 5.75 Å². The lowest BCUT2D eigenvalue weighted by Gasteiger charge is -2.17. The van der Waals surface area contributed by atoms with Crippen LogP contribution in [0.25, 0.3) is 0 Å². The zero-order valence-electron chi connectivity index (χ0n) is 15.9. The molecule has 1 N–H and O–H groups in total. The van der Waals surface area contributed by atoms with Gasteiger partial charge in [-0.15, -0.1) is 0 Å². The molecule has 1 saturated carbocycles. The molecule has 0 spiro atoms. The first-order chi connectivity index (χ1) is 12.9. The van der Waals surface area contributed by atoms with Crippen LogP contribution in [0.4, 0.5) is 0 Å². The van der Waals surface area contributed by atoms with Crippen molar-refractivity contribution in [2.45, 2.75) is 62.9 Å². The van der Waals surface area contributed by atoms with Crippen LogP contribution < -0.4 is 5.32 Å². The molecule has 7 heteroatoms. The molecule has 0 aliphatic heterocycles. The van der Waals surface area contributed by atoms with Crippen molar-refractivity contribution >= 4 is 15.7 Å². The van der Waals surface area contributed by atoms with Crippen LogP contribution in [-0.4, -0.2) is 35.9 Å². The van der Waals surface area contributed by atoms with E-state index in [0.29, 0.717) is 18.0 Å². The molecule has 1 atom stereocenters. The molecule has 3 rings (SSSR count). The van der Waals surface area contributed by atoms with E-state index in [2.05, 4.69) is 10.4 Å². The Morgan fingerprint density at radius 3 is 2.56 bits per heavy atom. The predicted octanol–water partition coefficient (Wildman–Crippen LogP) is 3.29. The van der Waals surface area contributed by atoms with Crippen molar-refractivity contribution < 1.29 is 13.2 Å². The van der Waals surface area contributed by atoms with Gasteiger partial charge >= 0.3 is 0 Å². The highest BCUT2D eigenvalue weighted by Crippen LogP contribution is 2.30. The van der Waals surface area contributed by atoms with Crippen LogP contribution in [0.1, 0.15) is 61.1 Å². The number of rotatable bonds is 7. The highest BCUT2D eigenvalue weighted by atomic mass is 32.2. The average molecular weight is 390 g/mol. The van der Waals surface area contributed by atoms with Crippen LogP contribution in [0.3, 0.4) is 0 Å². The Morgan fingerprint density at radius 2 is 1.93 bits per heavy atom. The third-order valence-corrected chi connectivity index (χ3v) is 7.14. The number of amides is 1. The number of sulfone groups is 1. The molecule has 0 bridgehead atoms. The molecule has 1 heterocycles. The van der Waals surface area contributed by atoms with Crippen molar-refractivity contribution in [1.82, 2.24) is 15.1 Å². The Balaban J connectivity index is 1.70. The molecule has 1 aromatic carbocycles. The average Bonchev–Trinajstić information content (AvgIpc) is 3.31. The number of benzene rings is 1. The molecule has 1 aliphatic carbocycles. The minimum Gasteiger partial charge on any atom is -0.348 e. The molecule has 1 unspecified atom stereocenters. The molecular weight excluding hydrogens is 362 g/mol. The summed E-state index contributed by atoms with van der Waals surface area (Å²) in [7, 11) is -3.45. The molecular formula is C20H27N3O3S. The van der Waals surface area contributed by atoms with Gasteiger partial charge in [0.1, 0.15) is 0 Å². The third kappa shape index (κ3) is 4.40. The van der Waals surface area contributed by atoms with E-state index in [-0.39, 0.29) is 16.6 Å². The minimum absolute atomic E-state index is 0.116. The van der Waals surface area contributed by atoms with Crippen molar-refractivity contribution in [1.29, 1.82) is 0 Å². The lowest BCUT2D eigenvalue weighted by Crippen LogP contribution is -2.39. The van der Waals surface area contributed by atoms with Crippen molar-refractivity contribution in [3.63, 3.8) is 0 Å². The number of nitrogens with one attached hydrogen (secondary N) is 1. The van der Waals surface area contributed by atoms with Gasteiger partial charge < -0.3 is 5.32 Å². The molecule has 1 amide bonds. The van der Waals surface area contributed by atoms with E-state index in [1.807, 2.05) is 18.5 Å². The maximum Gasteiger partial charge on any atom is 0.254 e. The summed E-state index contributed by atoms with van der Waals surface area (Å²) >= 11 is 0. The summed E-state index contributed by atoms with van der Waals surface area (Å²) in [6, 6.07) is 8.27. The number of hydrogen-bond donors (Lipinski definition) is 1. The van der Waals surface area contributed by atoms with Gasteiger partial charge in [-0.25, -0.2) is 8.42 Å². The topological polar surface area (TPSA) is 81.1 Å². The molecule has 146 valence electrons. The van der Waals surface area contributed by atoms with Gasteiger partial charge in [0.2, 0.25) is 0 Å². The summed E-state index contributed by atoms with van der Waals surface area (Å²) in [4.78, 5) is 13.0. The standard InChI is InChI=1S/C20H27N3O3S/c1-3-16(14-27(25,26)18-11-5-4-6-12-18)22-20(24)19-13-21-23(15(19)2)17-9-7-8-10-17/h4-6,11-13,16-17H,3,7-10,14H2,1-2H3,(H,22,24). The van der Waals surface area contributed by atoms with E-state index in [0.717, 1.165) is 18.5 Å². The normalized spacial score (nSPS) is 16.4. The zero-order valence-corrected chi connectivity index (χ0v) is 16.7. The molecule has 1 aliphatic rings. The monoisotopic (exact) mass is 389 g/mol. The van der Waals surface area contributed by atoms with E-state index < -0.39 is 15.9 Å².